The number of hydrogen-bond acceptors (Lipinski definition) is 2. The smallest absolute Gasteiger partial charge is 0.122 e. The van der Waals surface area contributed by atoms with Crippen molar-refractivity contribution < 1.29 is 4.74 Å². The lowest BCUT2D eigenvalue weighted by Gasteiger charge is -2.23. The van der Waals surface area contributed by atoms with Crippen LogP contribution in [0.25, 0.3) is 0 Å². The Bertz CT molecular complexity index is 396. The third-order valence-corrected chi connectivity index (χ3v) is 4.50. The molecule has 1 atom stereocenters. The SMILES string of the molecule is CNC(CCc1cc(C)ccc1OC)C1CCCC1. The fourth-order valence-electron chi connectivity index (χ4n) is 3.39. The van der Waals surface area contributed by atoms with Gasteiger partial charge >= 0.3 is 0 Å². The molecule has 1 fully saturated rings. The monoisotopic (exact) mass is 261 g/mol. The summed E-state index contributed by atoms with van der Waals surface area (Å²) in [6, 6.07) is 7.14. The van der Waals surface area contributed by atoms with Crippen molar-refractivity contribution in [1.29, 1.82) is 0 Å². The molecule has 0 aliphatic heterocycles. The first-order valence-corrected chi connectivity index (χ1v) is 7.55. The van der Waals surface area contributed by atoms with Gasteiger partial charge in [0.05, 0.1) is 7.11 Å². The maximum atomic E-state index is 5.47. The van der Waals surface area contributed by atoms with Gasteiger partial charge in [-0.1, -0.05) is 30.5 Å². The van der Waals surface area contributed by atoms with Crippen LogP contribution in [0.4, 0.5) is 0 Å². The van der Waals surface area contributed by atoms with Crippen molar-refractivity contribution in [3.63, 3.8) is 0 Å². The van der Waals surface area contributed by atoms with Gasteiger partial charge in [0.25, 0.3) is 0 Å². The average Bonchev–Trinajstić information content (AvgIpc) is 2.94. The van der Waals surface area contributed by atoms with Gasteiger partial charge in [-0.15, -0.1) is 0 Å². The summed E-state index contributed by atoms with van der Waals surface area (Å²) in [5.41, 5.74) is 2.67. The van der Waals surface area contributed by atoms with Crippen molar-refractivity contribution >= 4 is 0 Å². The molecule has 0 amide bonds. The van der Waals surface area contributed by atoms with Gasteiger partial charge in [0.1, 0.15) is 5.75 Å². The van der Waals surface area contributed by atoms with Crippen molar-refractivity contribution in [3.8, 4) is 5.75 Å². The van der Waals surface area contributed by atoms with Crippen molar-refractivity contribution in [2.24, 2.45) is 5.92 Å². The molecule has 1 aliphatic rings. The predicted molar refractivity (Wildman–Crippen MR) is 80.9 cm³/mol. The molecule has 1 aromatic carbocycles. The van der Waals surface area contributed by atoms with Gasteiger partial charge in [-0.2, -0.15) is 0 Å². The van der Waals surface area contributed by atoms with E-state index >= 15 is 0 Å². The minimum Gasteiger partial charge on any atom is -0.496 e. The first kappa shape index (κ1) is 14.4. The van der Waals surface area contributed by atoms with E-state index in [0.717, 1.165) is 18.1 Å². The third kappa shape index (κ3) is 3.73. The Morgan fingerprint density at radius 2 is 2.05 bits per heavy atom. The molecule has 2 rings (SSSR count). The summed E-state index contributed by atoms with van der Waals surface area (Å²) in [4.78, 5) is 0. The van der Waals surface area contributed by atoms with Crippen LogP contribution in [0.1, 0.15) is 43.2 Å². The maximum absolute atomic E-state index is 5.47. The molecule has 1 N–H and O–H groups in total. The van der Waals surface area contributed by atoms with Gasteiger partial charge < -0.3 is 10.1 Å². The summed E-state index contributed by atoms with van der Waals surface area (Å²) in [6.07, 6.45) is 7.94. The summed E-state index contributed by atoms with van der Waals surface area (Å²) < 4.78 is 5.47. The van der Waals surface area contributed by atoms with E-state index in [0.29, 0.717) is 6.04 Å². The van der Waals surface area contributed by atoms with Crippen molar-refractivity contribution in [2.75, 3.05) is 14.2 Å². The number of nitrogens with one attached hydrogen (secondary N) is 1. The van der Waals surface area contributed by atoms with E-state index in [4.69, 9.17) is 4.74 Å². The van der Waals surface area contributed by atoms with Crippen molar-refractivity contribution in [2.45, 2.75) is 51.5 Å². The number of methoxy groups -OCH3 is 1. The highest BCUT2D eigenvalue weighted by molar-refractivity contribution is 5.37. The largest absolute Gasteiger partial charge is 0.496 e. The van der Waals surface area contributed by atoms with Crippen LogP contribution in [0.3, 0.4) is 0 Å². The third-order valence-electron chi connectivity index (χ3n) is 4.50. The first-order chi connectivity index (χ1) is 9.24. The minimum absolute atomic E-state index is 0.660. The molecule has 2 nitrogen and oxygen atoms in total. The minimum atomic E-state index is 0.660. The zero-order chi connectivity index (χ0) is 13.7. The van der Waals surface area contributed by atoms with E-state index in [1.807, 2.05) is 0 Å². The Morgan fingerprint density at radius 1 is 1.32 bits per heavy atom. The standard InChI is InChI=1S/C17H27NO/c1-13-8-11-17(19-3)15(12-13)9-10-16(18-2)14-6-4-5-7-14/h8,11-12,14,16,18H,4-7,9-10H2,1-3H3. The second kappa shape index (κ2) is 6.95. The molecule has 1 unspecified atom stereocenters. The average molecular weight is 261 g/mol. The topological polar surface area (TPSA) is 21.3 Å². The molecule has 1 aliphatic carbocycles. The second-order valence-electron chi connectivity index (χ2n) is 5.79. The van der Waals surface area contributed by atoms with Crippen LogP contribution in [0.5, 0.6) is 5.75 Å². The number of hydrogen-bond donors (Lipinski definition) is 1. The molecule has 0 radical (unpaired) electrons. The lowest BCUT2D eigenvalue weighted by atomic mass is 9.92. The Kier molecular flexibility index (Phi) is 5.26. The molecule has 1 aromatic rings. The van der Waals surface area contributed by atoms with Gasteiger partial charge in [-0.25, -0.2) is 0 Å². The molecule has 0 spiro atoms. The predicted octanol–water partition coefficient (Wildman–Crippen LogP) is 3.71. The number of rotatable bonds is 6. The maximum Gasteiger partial charge on any atom is 0.122 e. The van der Waals surface area contributed by atoms with Crippen molar-refractivity contribution in [3.05, 3.63) is 29.3 Å². The van der Waals surface area contributed by atoms with E-state index in [2.05, 4.69) is 37.5 Å². The van der Waals surface area contributed by atoms with Crippen LogP contribution in [-0.4, -0.2) is 20.2 Å². The summed E-state index contributed by atoms with van der Waals surface area (Å²) >= 11 is 0. The van der Waals surface area contributed by atoms with Gasteiger partial charge in [0.15, 0.2) is 0 Å². The Hall–Kier alpha value is -1.02. The van der Waals surface area contributed by atoms with E-state index in [-0.39, 0.29) is 0 Å². The summed E-state index contributed by atoms with van der Waals surface area (Å²) in [5.74, 6) is 1.91. The first-order valence-electron chi connectivity index (χ1n) is 7.55. The summed E-state index contributed by atoms with van der Waals surface area (Å²) in [6.45, 7) is 2.15. The highest BCUT2D eigenvalue weighted by Gasteiger charge is 2.23. The van der Waals surface area contributed by atoms with E-state index in [9.17, 15) is 0 Å². The molecule has 1 saturated carbocycles. The lowest BCUT2D eigenvalue weighted by molar-refractivity contribution is 0.356. The van der Waals surface area contributed by atoms with E-state index in [1.54, 1.807) is 7.11 Å². The summed E-state index contributed by atoms with van der Waals surface area (Å²) in [7, 11) is 3.87. The summed E-state index contributed by atoms with van der Waals surface area (Å²) in [5, 5.41) is 3.53. The molecule has 19 heavy (non-hydrogen) atoms. The highest BCUT2D eigenvalue weighted by Crippen LogP contribution is 2.30. The fourth-order valence-corrected chi connectivity index (χ4v) is 3.39. The van der Waals surface area contributed by atoms with Gasteiger partial charge in [0, 0.05) is 6.04 Å². The van der Waals surface area contributed by atoms with E-state index < -0.39 is 0 Å². The lowest BCUT2D eigenvalue weighted by Crippen LogP contribution is -2.32. The number of ether oxygens (including phenoxy) is 1. The molecule has 0 heterocycles. The molecule has 0 saturated heterocycles. The quantitative estimate of drug-likeness (QED) is 0.843. The second-order valence-corrected chi connectivity index (χ2v) is 5.79. The molecular weight excluding hydrogens is 234 g/mol. The molecule has 0 aromatic heterocycles. The molecule has 106 valence electrons. The zero-order valence-electron chi connectivity index (χ0n) is 12.5. The van der Waals surface area contributed by atoms with Crippen LogP contribution in [-0.2, 0) is 6.42 Å². The van der Waals surface area contributed by atoms with Crippen LogP contribution in [0, 0.1) is 12.8 Å². The van der Waals surface area contributed by atoms with Gasteiger partial charge in [-0.3, -0.25) is 0 Å². The molecule has 0 bridgehead atoms. The molecular formula is C17H27NO. The van der Waals surface area contributed by atoms with Crippen LogP contribution < -0.4 is 10.1 Å². The van der Waals surface area contributed by atoms with Crippen LogP contribution in [0.2, 0.25) is 0 Å². The van der Waals surface area contributed by atoms with Crippen molar-refractivity contribution in [1.82, 2.24) is 5.32 Å². The molecule has 2 heteroatoms. The Morgan fingerprint density at radius 3 is 2.68 bits per heavy atom. The zero-order valence-corrected chi connectivity index (χ0v) is 12.5. The fraction of sp³-hybridized carbons (Fsp3) is 0.647. The van der Waals surface area contributed by atoms with Gasteiger partial charge in [-0.05, 0) is 57.2 Å². The van der Waals surface area contributed by atoms with Crippen LogP contribution in [0.15, 0.2) is 18.2 Å². The van der Waals surface area contributed by atoms with Crippen LogP contribution >= 0.6 is 0 Å². The highest BCUT2D eigenvalue weighted by atomic mass is 16.5. The van der Waals surface area contributed by atoms with Gasteiger partial charge in [0.2, 0.25) is 0 Å². The number of benzene rings is 1. The Labute approximate surface area is 117 Å². The normalized spacial score (nSPS) is 17.6. The number of aryl methyl sites for hydroxylation is 2. The van der Waals surface area contributed by atoms with E-state index in [1.165, 1.54) is 43.2 Å². The Balaban J connectivity index is 1.98.